The number of guanidine groups is 1. The Bertz CT molecular complexity index is 826. The van der Waals surface area contributed by atoms with Crippen molar-refractivity contribution in [2.75, 3.05) is 0 Å². The maximum Gasteiger partial charge on any atom is 0.285 e. The van der Waals surface area contributed by atoms with Crippen molar-refractivity contribution in [2.24, 2.45) is 20.9 Å². The summed E-state index contributed by atoms with van der Waals surface area (Å²) < 4.78 is 40.1. The molecule has 0 amide bonds. The molecule has 0 aliphatic carbocycles. The summed E-state index contributed by atoms with van der Waals surface area (Å²) in [6.07, 6.45) is 1.36. The monoisotopic (exact) mass is 320 g/mol. The van der Waals surface area contributed by atoms with E-state index < -0.39 is 21.8 Å². The van der Waals surface area contributed by atoms with Crippen LogP contribution in [0.1, 0.15) is 5.56 Å². The van der Waals surface area contributed by atoms with E-state index in [1.165, 1.54) is 36.5 Å². The Labute approximate surface area is 127 Å². The van der Waals surface area contributed by atoms with Gasteiger partial charge in [0, 0.05) is 11.8 Å². The third-order valence-electron chi connectivity index (χ3n) is 2.62. The fraction of sp³-hybridized carbons (Fsp3) is 0. The van der Waals surface area contributed by atoms with E-state index >= 15 is 0 Å². The van der Waals surface area contributed by atoms with Gasteiger partial charge in [0.15, 0.2) is 0 Å². The molecule has 0 radical (unpaired) electrons. The Morgan fingerprint density at radius 1 is 1.05 bits per heavy atom. The van der Waals surface area contributed by atoms with E-state index in [-0.39, 0.29) is 4.90 Å². The molecule has 2 aromatic carbocycles. The Balaban J connectivity index is 2.23. The molecule has 0 aliphatic rings. The number of halogens is 1. The number of hydrogen-bond donors (Lipinski definition) is 2. The topological polar surface area (TPSA) is 111 Å². The van der Waals surface area contributed by atoms with Crippen molar-refractivity contribution in [1.29, 1.82) is 0 Å². The van der Waals surface area contributed by atoms with E-state index in [1.54, 1.807) is 18.2 Å². The van der Waals surface area contributed by atoms with E-state index in [4.69, 9.17) is 11.5 Å². The van der Waals surface area contributed by atoms with E-state index in [9.17, 15) is 12.8 Å². The first-order valence-corrected chi connectivity index (χ1v) is 7.57. The largest absolute Gasteiger partial charge is 0.369 e. The van der Waals surface area contributed by atoms with Crippen LogP contribution in [-0.4, -0.2) is 20.6 Å². The molecule has 114 valence electrons. The zero-order valence-corrected chi connectivity index (χ0v) is 12.2. The molecule has 22 heavy (non-hydrogen) atoms. The van der Waals surface area contributed by atoms with Gasteiger partial charge in [-0.05, 0) is 30.3 Å². The van der Waals surface area contributed by atoms with E-state index in [0.29, 0.717) is 11.3 Å². The highest BCUT2D eigenvalue weighted by molar-refractivity contribution is 7.90. The summed E-state index contributed by atoms with van der Waals surface area (Å²) in [6, 6.07) is 11.7. The molecule has 8 heteroatoms. The molecule has 0 heterocycles. The predicted molar refractivity (Wildman–Crippen MR) is 83.1 cm³/mol. The Morgan fingerprint density at radius 3 is 2.27 bits per heavy atom. The molecule has 2 rings (SSSR count). The summed E-state index contributed by atoms with van der Waals surface area (Å²) in [4.78, 5) is 4.01. The molecule has 0 bridgehead atoms. The first-order valence-electron chi connectivity index (χ1n) is 6.13. The summed E-state index contributed by atoms with van der Waals surface area (Å²) in [5.41, 5.74) is 10.9. The normalized spacial score (nSPS) is 11.5. The molecule has 0 fully saturated rings. The van der Waals surface area contributed by atoms with Crippen LogP contribution in [-0.2, 0) is 10.0 Å². The fourth-order valence-electron chi connectivity index (χ4n) is 1.62. The van der Waals surface area contributed by atoms with Crippen LogP contribution in [0.15, 0.2) is 62.8 Å². The highest BCUT2D eigenvalue weighted by Gasteiger charge is 2.12. The van der Waals surface area contributed by atoms with E-state index in [0.717, 1.165) is 0 Å². The predicted octanol–water partition coefficient (Wildman–Crippen LogP) is 1.54. The van der Waals surface area contributed by atoms with Crippen LogP contribution in [0.2, 0.25) is 0 Å². The molecule has 4 N–H and O–H groups in total. The molecule has 0 saturated carbocycles. The summed E-state index contributed by atoms with van der Waals surface area (Å²) >= 11 is 0. The molecule has 0 saturated heterocycles. The van der Waals surface area contributed by atoms with Crippen LogP contribution in [0.5, 0.6) is 0 Å². The van der Waals surface area contributed by atoms with Gasteiger partial charge in [-0.3, -0.25) is 4.99 Å². The molecule has 0 unspecified atom stereocenters. The van der Waals surface area contributed by atoms with Crippen molar-refractivity contribution >= 4 is 27.9 Å². The molecule has 2 aromatic rings. The number of nitrogens with zero attached hydrogens (tertiary/aromatic N) is 2. The summed E-state index contributed by atoms with van der Waals surface area (Å²) in [7, 11) is -3.92. The minimum Gasteiger partial charge on any atom is -0.369 e. The van der Waals surface area contributed by atoms with Crippen molar-refractivity contribution in [3.8, 4) is 0 Å². The number of hydrogen-bond acceptors (Lipinski definition) is 3. The minimum absolute atomic E-state index is 0.0641. The number of benzene rings is 2. The van der Waals surface area contributed by atoms with Crippen LogP contribution in [0, 0.1) is 5.82 Å². The van der Waals surface area contributed by atoms with Crippen molar-refractivity contribution in [1.82, 2.24) is 0 Å². The lowest BCUT2D eigenvalue weighted by Gasteiger charge is -2.00. The number of rotatable bonds is 4. The summed E-state index contributed by atoms with van der Waals surface area (Å²) in [5, 5.41) is 0. The lowest BCUT2D eigenvalue weighted by Crippen LogP contribution is -2.24. The van der Waals surface area contributed by atoms with Crippen molar-refractivity contribution in [3.63, 3.8) is 0 Å². The van der Waals surface area contributed by atoms with Gasteiger partial charge in [0.1, 0.15) is 5.82 Å². The standard InChI is InChI=1S/C14H13FN4O2S/c15-13-4-2-1-3-10(13)9-18-11-5-7-12(8-6-11)22(20,21)19-14(16)17/h1-9H,(H4,16,17,19). The average molecular weight is 320 g/mol. The first-order chi connectivity index (χ1) is 10.4. The molecular weight excluding hydrogens is 307 g/mol. The van der Waals surface area contributed by atoms with Gasteiger partial charge in [0.2, 0.25) is 5.96 Å². The molecular formula is C14H13FN4O2S. The van der Waals surface area contributed by atoms with Gasteiger partial charge in [0.25, 0.3) is 10.0 Å². The molecule has 0 atom stereocenters. The highest BCUT2D eigenvalue weighted by Crippen LogP contribution is 2.18. The van der Waals surface area contributed by atoms with Gasteiger partial charge >= 0.3 is 0 Å². The maximum absolute atomic E-state index is 13.4. The average Bonchev–Trinajstić information content (AvgIpc) is 2.45. The van der Waals surface area contributed by atoms with Crippen LogP contribution in [0.3, 0.4) is 0 Å². The lowest BCUT2D eigenvalue weighted by molar-refractivity contribution is 0.598. The second kappa shape index (κ2) is 6.35. The second-order valence-corrected chi connectivity index (χ2v) is 5.87. The first kappa shape index (κ1) is 15.6. The Morgan fingerprint density at radius 2 is 1.68 bits per heavy atom. The Hall–Kier alpha value is -2.74. The Kier molecular flexibility index (Phi) is 4.52. The second-order valence-electron chi connectivity index (χ2n) is 4.26. The third-order valence-corrected chi connectivity index (χ3v) is 3.94. The molecule has 0 aliphatic heterocycles. The lowest BCUT2D eigenvalue weighted by atomic mass is 10.2. The fourth-order valence-corrected chi connectivity index (χ4v) is 2.48. The van der Waals surface area contributed by atoms with Crippen LogP contribution in [0.25, 0.3) is 0 Å². The summed E-state index contributed by atoms with van der Waals surface area (Å²) in [6.45, 7) is 0. The van der Waals surface area contributed by atoms with Gasteiger partial charge in [0.05, 0.1) is 10.6 Å². The zero-order valence-electron chi connectivity index (χ0n) is 11.3. The van der Waals surface area contributed by atoms with Crippen LogP contribution in [0.4, 0.5) is 10.1 Å². The van der Waals surface area contributed by atoms with E-state index in [1.807, 2.05) is 0 Å². The minimum atomic E-state index is -3.92. The zero-order chi connectivity index (χ0) is 16.2. The van der Waals surface area contributed by atoms with Gasteiger partial charge < -0.3 is 11.5 Å². The van der Waals surface area contributed by atoms with Gasteiger partial charge in [-0.2, -0.15) is 8.42 Å². The number of aliphatic imine (C=N–C) groups is 1. The van der Waals surface area contributed by atoms with Crippen molar-refractivity contribution in [3.05, 3.63) is 59.9 Å². The van der Waals surface area contributed by atoms with Crippen molar-refractivity contribution in [2.45, 2.75) is 4.90 Å². The smallest absolute Gasteiger partial charge is 0.285 e. The quantitative estimate of drug-likeness (QED) is 0.657. The number of nitrogens with two attached hydrogens (primary N) is 2. The molecule has 0 spiro atoms. The van der Waals surface area contributed by atoms with E-state index in [2.05, 4.69) is 9.39 Å². The van der Waals surface area contributed by atoms with Gasteiger partial charge in [-0.1, -0.05) is 18.2 Å². The van der Waals surface area contributed by atoms with Crippen molar-refractivity contribution < 1.29 is 12.8 Å². The number of sulfonamides is 1. The molecule has 6 nitrogen and oxygen atoms in total. The highest BCUT2D eigenvalue weighted by atomic mass is 32.2. The SMILES string of the molecule is NC(N)=NS(=O)(=O)c1ccc(N=Cc2ccccc2F)cc1. The van der Waals surface area contributed by atoms with Crippen LogP contribution < -0.4 is 11.5 Å². The summed E-state index contributed by atoms with van der Waals surface area (Å²) in [5.74, 6) is -0.931. The van der Waals surface area contributed by atoms with Gasteiger partial charge in [-0.15, -0.1) is 4.40 Å². The molecule has 0 aromatic heterocycles. The van der Waals surface area contributed by atoms with Gasteiger partial charge in [-0.25, -0.2) is 4.39 Å². The maximum atomic E-state index is 13.4. The third kappa shape index (κ3) is 3.89. The van der Waals surface area contributed by atoms with Crippen LogP contribution >= 0.6 is 0 Å².